The molecule has 2 aliphatic rings. The summed E-state index contributed by atoms with van der Waals surface area (Å²) in [5, 5.41) is 0. The van der Waals surface area contributed by atoms with Gasteiger partial charge in [0.15, 0.2) is 0 Å². The van der Waals surface area contributed by atoms with Crippen LogP contribution in [0, 0.1) is 13.8 Å². The van der Waals surface area contributed by atoms with E-state index in [1.54, 1.807) is 23.1 Å². The third-order valence-electron chi connectivity index (χ3n) is 4.77. The lowest BCUT2D eigenvalue weighted by atomic mass is 10.2. The fraction of sp³-hybridized carbons (Fsp3) is 0.353. The van der Waals surface area contributed by atoms with Gasteiger partial charge in [0.05, 0.1) is 16.2 Å². The Labute approximate surface area is 165 Å². The van der Waals surface area contributed by atoms with Crippen LogP contribution < -0.4 is 0 Å². The molecule has 0 N–H and O–H groups in total. The van der Waals surface area contributed by atoms with Crippen LogP contribution in [0.25, 0.3) is 0 Å². The van der Waals surface area contributed by atoms with Crippen LogP contribution in [-0.4, -0.2) is 49.7 Å². The summed E-state index contributed by atoms with van der Waals surface area (Å²) >= 11 is 2.48. The van der Waals surface area contributed by atoms with Crippen LogP contribution in [0.15, 0.2) is 37.9 Å². The maximum atomic E-state index is 13.1. The highest BCUT2D eigenvalue weighted by Crippen LogP contribution is 2.38. The first kappa shape index (κ1) is 18.5. The zero-order chi connectivity index (χ0) is 19.2. The molecule has 2 aromatic rings. The molecular formula is C17H18N4O3S3. The Morgan fingerprint density at radius 1 is 1.11 bits per heavy atom. The van der Waals surface area contributed by atoms with Crippen molar-refractivity contribution in [2.45, 2.75) is 18.7 Å². The number of benzene rings is 1. The van der Waals surface area contributed by atoms with E-state index in [1.165, 1.54) is 15.6 Å². The topological polar surface area (TPSA) is 82.4 Å². The maximum Gasteiger partial charge on any atom is 0.264 e. The van der Waals surface area contributed by atoms with Gasteiger partial charge in [0.1, 0.15) is 16.3 Å². The first-order valence-corrected chi connectivity index (χ1v) is 11.4. The van der Waals surface area contributed by atoms with E-state index in [0.717, 1.165) is 21.8 Å². The number of hydrogen-bond donors (Lipinski definition) is 0. The van der Waals surface area contributed by atoms with Crippen molar-refractivity contribution in [1.29, 1.82) is 0 Å². The summed E-state index contributed by atoms with van der Waals surface area (Å²) in [6.45, 7) is 5.27. The van der Waals surface area contributed by atoms with E-state index in [4.69, 9.17) is 0 Å². The lowest BCUT2D eigenvalue weighted by molar-refractivity contribution is 0.0702. The zero-order valence-corrected chi connectivity index (χ0v) is 17.3. The van der Waals surface area contributed by atoms with Crippen molar-refractivity contribution in [3.63, 3.8) is 0 Å². The maximum absolute atomic E-state index is 13.1. The van der Waals surface area contributed by atoms with Crippen LogP contribution in [-0.2, 0) is 21.4 Å². The summed E-state index contributed by atoms with van der Waals surface area (Å²) in [5.74, 6) is -0.0287. The Hall–Kier alpha value is -1.88. The molecule has 1 saturated heterocycles. The number of carbonyl (C=O) groups is 1. The molecule has 0 unspecified atom stereocenters. The number of sulfonamides is 1. The lowest BCUT2D eigenvalue weighted by Crippen LogP contribution is -2.50. The molecule has 0 radical (unpaired) electrons. The molecule has 1 aromatic carbocycles. The molecule has 27 heavy (non-hydrogen) atoms. The number of nitrogens with zero attached hydrogens (tertiary/aromatic N) is 4. The van der Waals surface area contributed by atoms with E-state index in [0.29, 0.717) is 29.3 Å². The highest BCUT2D eigenvalue weighted by Gasteiger charge is 2.33. The van der Waals surface area contributed by atoms with Crippen molar-refractivity contribution in [3.8, 4) is 0 Å². The summed E-state index contributed by atoms with van der Waals surface area (Å²) in [6.07, 6.45) is 0. The van der Waals surface area contributed by atoms with Crippen LogP contribution in [0.5, 0.6) is 0 Å². The monoisotopic (exact) mass is 422 g/mol. The predicted molar refractivity (Wildman–Crippen MR) is 106 cm³/mol. The van der Waals surface area contributed by atoms with Gasteiger partial charge in [-0.05, 0) is 37.6 Å². The minimum atomic E-state index is -3.67. The number of carbonyl (C=O) groups excluding carboxylic acids is 1. The van der Waals surface area contributed by atoms with Crippen molar-refractivity contribution in [1.82, 2.24) is 9.21 Å². The normalized spacial score (nSPS) is 17.0. The second-order valence-electron chi connectivity index (χ2n) is 6.43. The van der Waals surface area contributed by atoms with Crippen molar-refractivity contribution in [3.05, 3.63) is 39.6 Å². The summed E-state index contributed by atoms with van der Waals surface area (Å²) in [6, 6.07) is 6.90. The molecule has 1 fully saturated rings. The van der Waals surface area contributed by atoms with Crippen molar-refractivity contribution >= 4 is 50.0 Å². The number of thiophene rings is 1. The molecule has 4 rings (SSSR count). The third kappa shape index (κ3) is 3.27. The Kier molecular flexibility index (Phi) is 4.75. The fourth-order valence-corrected chi connectivity index (χ4v) is 6.27. The first-order valence-electron chi connectivity index (χ1n) is 8.45. The van der Waals surface area contributed by atoms with Gasteiger partial charge in [-0.1, -0.05) is 6.07 Å². The molecule has 0 spiro atoms. The quantitative estimate of drug-likeness (QED) is 0.650. The molecular weight excluding hydrogens is 404 g/mol. The Balaban J connectivity index is 1.50. The predicted octanol–water partition coefficient (Wildman–Crippen LogP) is 3.24. The van der Waals surface area contributed by atoms with Crippen LogP contribution >= 0.6 is 11.3 Å². The van der Waals surface area contributed by atoms with Gasteiger partial charge in [-0.3, -0.25) is 4.79 Å². The molecule has 10 heteroatoms. The minimum absolute atomic E-state index is 0.0287. The first-order chi connectivity index (χ1) is 12.9. The van der Waals surface area contributed by atoms with E-state index < -0.39 is 10.0 Å². The summed E-state index contributed by atoms with van der Waals surface area (Å²) < 4.78 is 35.8. The Morgan fingerprint density at radius 3 is 2.52 bits per heavy atom. The van der Waals surface area contributed by atoms with E-state index in [-0.39, 0.29) is 23.9 Å². The van der Waals surface area contributed by atoms with E-state index in [9.17, 15) is 13.2 Å². The smallest absolute Gasteiger partial charge is 0.264 e. The average Bonchev–Trinajstić information content (AvgIpc) is 3.27. The molecule has 3 heterocycles. The van der Waals surface area contributed by atoms with Gasteiger partial charge in [-0.15, -0.1) is 11.3 Å². The molecule has 2 aliphatic heterocycles. The van der Waals surface area contributed by atoms with Gasteiger partial charge in [0.25, 0.3) is 5.91 Å². The van der Waals surface area contributed by atoms with Gasteiger partial charge in [-0.2, -0.15) is 13.0 Å². The largest absolute Gasteiger partial charge is 0.335 e. The lowest BCUT2D eigenvalue weighted by Gasteiger charge is -2.33. The SMILES string of the molecule is Cc1cc(C(=O)N2CCN(S(=O)(=O)c3cccc4c3N=S=N4)CC2)sc1C. The van der Waals surface area contributed by atoms with Gasteiger partial charge in [0, 0.05) is 31.1 Å². The summed E-state index contributed by atoms with van der Waals surface area (Å²) in [4.78, 5) is 16.4. The molecule has 0 atom stereocenters. The molecule has 0 saturated carbocycles. The number of fused-ring (bicyclic) bond motifs is 1. The third-order valence-corrected chi connectivity index (χ3v) is 8.38. The molecule has 1 aromatic heterocycles. The van der Waals surface area contributed by atoms with Crippen molar-refractivity contribution < 1.29 is 13.2 Å². The number of rotatable bonds is 3. The fourth-order valence-electron chi connectivity index (χ4n) is 3.09. The second kappa shape index (κ2) is 6.93. The second-order valence-corrected chi connectivity index (χ2v) is 10.1. The highest BCUT2D eigenvalue weighted by atomic mass is 32.2. The van der Waals surface area contributed by atoms with E-state index in [1.807, 2.05) is 19.9 Å². The standard InChI is InChI=1S/C17H18N4O3S3/c1-11-10-14(25-12(11)2)17(22)20-6-8-21(9-7-20)27(23,24)15-5-3-4-13-16(15)19-26-18-13/h3-5,10H,6-9H2,1-2H3. The summed E-state index contributed by atoms with van der Waals surface area (Å²) in [5.41, 5.74) is 2.10. The van der Waals surface area contributed by atoms with E-state index >= 15 is 0 Å². The molecule has 142 valence electrons. The number of piperazine rings is 1. The van der Waals surface area contributed by atoms with Gasteiger partial charge >= 0.3 is 0 Å². The number of aryl methyl sites for hydroxylation is 2. The number of amides is 1. The highest BCUT2D eigenvalue weighted by molar-refractivity contribution is 7.89. The van der Waals surface area contributed by atoms with Crippen LogP contribution in [0.2, 0.25) is 0 Å². The van der Waals surface area contributed by atoms with Crippen LogP contribution in [0.3, 0.4) is 0 Å². The molecule has 0 aliphatic carbocycles. The van der Waals surface area contributed by atoms with Crippen LogP contribution in [0.4, 0.5) is 11.4 Å². The number of hydrogen-bond acceptors (Lipinski definition) is 6. The zero-order valence-electron chi connectivity index (χ0n) is 14.9. The minimum Gasteiger partial charge on any atom is -0.335 e. The Bertz CT molecular complexity index is 1070. The molecule has 7 nitrogen and oxygen atoms in total. The molecule has 0 bridgehead atoms. The van der Waals surface area contributed by atoms with Crippen LogP contribution in [0.1, 0.15) is 20.1 Å². The van der Waals surface area contributed by atoms with Crippen molar-refractivity contribution in [2.24, 2.45) is 8.73 Å². The summed E-state index contributed by atoms with van der Waals surface area (Å²) in [7, 11) is -3.67. The van der Waals surface area contributed by atoms with Gasteiger partial charge in [0.2, 0.25) is 10.0 Å². The van der Waals surface area contributed by atoms with Crippen molar-refractivity contribution in [2.75, 3.05) is 26.2 Å². The van der Waals surface area contributed by atoms with Gasteiger partial charge in [-0.25, -0.2) is 8.42 Å². The van der Waals surface area contributed by atoms with E-state index in [2.05, 4.69) is 8.73 Å². The molecule has 1 amide bonds. The Morgan fingerprint density at radius 2 is 1.85 bits per heavy atom. The average molecular weight is 423 g/mol. The van der Waals surface area contributed by atoms with Gasteiger partial charge < -0.3 is 4.90 Å².